The van der Waals surface area contributed by atoms with Gasteiger partial charge in [0, 0.05) is 10.2 Å². The van der Waals surface area contributed by atoms with E-state index in [0.29, 0.717) is 30.5 Å². The highest BCUT2D eigenvalue weighted by Crippen LogP contribution is 2.37. The molecule has 138 valence electrons. The van der Waals surface area contributed by atoms with E-state index >= 15 is 0 Å². The second-order valence-electron chi connectivity index (χ2n) is 5.83. The number of rotatable bonds is 7. The van der Waals surface area contributed by atoms with Crippen LogP contribution in [0.4, 0.5) is 0 Å². The lowest BCUT2D eigenvalue weighted by Crippen LogP contribution is -2.33. The lowest BCUT2D eigenvalue weighted by molar-refractivity contribution is -0.138. The van der Waals surface area contributed by atoms with Gasteiger partial charge in [-0.1, -0.05) is 34.1 Å². The minimum absolute atomic E-state index is 0.0594. The van der Waals surface area contributed by atoms with Gasteiger partial charge in [-0.2, -0.15) is 0 Å². The van der Waals surface area contributed by atoms with E-state index in [0.717, 1.165) is 15.6 Å². The van der Waals surface area contributed by atoms with Crippen molar-refractivity contribution < 1.29 is 19.4 Å². The van der Waals surface area contributed by atoms with Crippen molar-refractivity contribution in [1.29, 1.82) is 0 Å². The maximum Gasteiger partial charge on any atom is 0.321 e. The molecule has 3 rings (SSSR count). The Morgan fingerprint density at radius 1 is 1.23 bits per heavy atom. The number of carboxylic acid groups (broad SMARTS) is 1. The first-order chi connectivity index (χ1) is 12.6. The van der Waals surface area contributed by atoms with Crippen molar-refractivity contribution in [2.75, 3.05) is 12.4 Å². The van der Waals surface area contributed by atoms with Crippen LogP contribution in [0.5, 0.6) is 11.5 Å². The number of benzene rings is 2. The fraction of sp³-hybridized carbons (Fsp3) is 0.316. The van der Waals surface area contributed by atoms with Crippen LogP contribution < -0.4 is 14.8 Å². The third-order valence-corrected chi connectivity index (χ3v) is 5.75. The number of thioether (sulfide) groups is 1. The standard InChI is InChI=1S/C19H20BrNO4S/c1-2-24-17-9-13(18-21-15(11-26-18)19(22)23)5-8-16(17)25-10-12-3-6-14(20)7-4-12/h3-9,15,18,21H,2,10-11H2,1H3,(H,22,23). The van der Waals surface area contributed by atoms with E-state index in [1.165, 1.54) is 0 Å². The van der Waals surface area contributed by atoms with Crippen molar-refractivity contribution in [3.8, 4) is 11.5 Å². The zero-order valence-corrected chi connectivity index (χ0v) is 16.7. The second kappa shape index (κ2) is 8.79. The van der Waals surface area contributed by atoms with Crippen molar-refractivity contribution in [1.82, 2.24) is 5.32 Å². The Morgan fingerprint density at radius 3 is 2.65 bits per heavy atom. The number of hydrogen-bond acceptors (Lipinski definition) is 5. The Morgan fingerprint density at radius 2 is 2.00 bits per heavy atom. The highest BCUT2D eigenvalue weighted by molar-refractivity contribution is 9.10. The smallest absolute Gasteiger partial charge is 0.321 e. The molecule has 0 amide bonds. The minimum Gasteiger partial charge on any atom is -0.490 e. The zero-order chi connectivity index (χ0) is 18.5. The number of carboxylic acids is 1. The number of aliphatic carboxylic acids is 1. The molecule has 26 heavy (non-hydrogen) atoms. The summed E-state index contributed by atoms with van der Waals surface area (Å²) in [7, 11) is 0. The highest BCUT2D eigenvalue weighted by atomic mass is 79.9. The Kier molecular flexibility index (Phi) is 6.45. The molecule has 1 heterocycles. The predicted octanol–water partition coefficient (Wildman–Crippen LogP) is 4.22. The molecule has 2 aromatic carbocycles. The van der Waals surface area contributed by atoms with Crippen LogP contribution in [0.3, 0.4) is 0 Å². The molecule has 0 bridgehead atoms. The molecule has 5 nitrogen and oxygen atoms in total. The molecule has 0 aromatic heterocycles. The van der Waals surface area contributed by atoms with Crippen LogP contribution >= 0.6 is 27.7 Å². The van der Waals surface area contributed by atoms with Gasteiger partial charge < -0.3 is 14.6 Å². The van der Waals surface area contributed by atoms with Gasteiger partial charge in [0.2, 0.25) is 0 Å². The normalized spacial score (nSPS) is 19.3. The van der Waals surface area contributed by atoms with Crippen LogP contribution in [0.1, 0.15) is 23.4 Å². The molecule has 0 saturated carbocycles. The maximum absolute atomic E-state index is 11.1. The lowest BCUT2D eigenvalue weighted by atomic mass is 10.2. The molecule has 1 aliphatic rings. The van der Waals surface area contributed by atoms with Gasteiger partial charge in [-0.15, -0.1) is 11.8 Å². The Hall–Kier alpha value is -1.70. The van der Waals surface area contributed by atoms with Crippen LogP contribution in [-0.4, -0.2) is 29.5 Å². The van der Waals surface area contributed by atoms with Gasteiger partial charge in [0.25, 0.3) is 0 Å². The molecular formula is C19H20BrNO4S. The van der Waals surface area contributed by atoms with E-state index in [1.807, 2.05) is 49.4 Å². The molecule has 1 aliphatic heterocycles. The molecule has 1 saturated heterocycles. The first-order valence-corrected chi connectivity index (χ1v) is 10.2. The zero-order valence-electron chi connectivity index (χ0n) is 14.3. The number of carbonyl (C=O) groups is 1. The average molecular weight is 438 g/mol. The fourth-order valence-electron chi connectivity index (χ4n) is 2.62. The third kappa shape index (κ3) is 4.72. The summed E-state index contributed by atoms with van der Waals surface area (Å²) in [5.41, 5.74) is 2.05. The molecule has 2 N–H and O–H groups in total. The van der Waals surface area contributed by atoms with Crippen LogP contribution in [0.15, 0.2) is 46.9 Å². The van der Waals surface area contributed by atoms with Gasteiger partial charge in [0.15, 0.2) is 11.5 Å². The van der Waals surface area contributed by atoms with Gasteiger partial charge >= 0.3 is 5.97 Å². The monoisotopic (exact) mass is 437 g/mol. The van der Waals surface area contributed by atoms with Crippen molar-refractivity contribution >= 4 is 33.7 Å². The SMILES string of the molecule is CCOc1cc(C2NC(C(=O)O)CS2)ccc1OCc1ccc(Br)cc1. The quantitative estimate of drug-likeness (QED) is 0.675. The summed E-state index contributed by atoms with van der Waals surface area (Å²) in [5, 5.41) is 12.2. The highest BCUT2D eigenvalue weighted by Gasteiger charge is 2.30. The van der Waals surface area contributed by atoms with Gasteiger partial charge in [-0.25, -0.2) is 0 Å². The number of hydrogen-bond donors (Lipinski definition) is 2. The fourth-order valence-corrected chi connectivity index (χ4v) is 4.11. The molecular weight excluding hydrogens is 418 g/mol. The molecule has 2 atom stereocenters. The van der Waals surface area contributed by atoms with Crippen molar-refractivity contribution in [3.05, 3.63) is 58.1 Å². The topological polar surface area (TPSA) is 67.8 Å². The molecule has 2 unspecified atom stereocenters. The minimum atomic E-state index is -0.820. The van der Waals surface area contributed by atoms with Crippen LogP contribution in [0, 0.1) is 0 Å². The molecule has 2 aromatic rings. The van der Waals surface area contributed by atoms with Gasteiger partial charge in [0.1, 0.15) is 12.6 Å². The Bertz CT molecular complexity index is 769. The Labute approximate surface area is 165 Å². The van der Waals surface area contributed by atoms with Crippen LogP contribution in [0.25, 0.3) is 0 Å². The summed E-state index contributed by atoms with van der Waals surface area (Å²) in [5.74, 6) is 1.07. The van der Waals surface area contributed by atoms with Crippen LogP contribution in [-0.2, 0) is 11.4 Å². The van der Waals surface area contributed by atoms with E-state index in [-0.39, 0.29) is 5.37 Å². The number of halogens is 1. The molecule has 0 aliphatic carbocycles. The molecule has 7 heteroatoms. The first kappa shape index (κ1) is 19.1. The maximum atomic E-state index is 11.1. The van der Waals surface area contributed by atoms with E-state index in [1.54, 1.807) is 11.8 Å². The summed E-state index contributed by atoms with van der Waals surface area (Å²) < 4.78 is 12.7. The Balaban J connectivity index is 1.72. The summed E-state index contributed by atoms with van der Waals surface area (Å²) in [6.45, 7) is 2.90. The van der Waals surface area contributed by atoms with Crippen molar-refractivity contribution in [3.63, 3.8) is 0 Å². The van der Waals surface area contributed by atoms with Crippen molar-refractivity contribution in [2.24, 2.45) is 0 Å². The molecule has 1 fully saturated rings. The first-order valence-electron chi connectivity index (χ1n) is 8.31. The van der Waals surface area contributed by atoms with Crippen LogP contribution in [0.2, 0.25) is 0 Å². The van der Waals surface area contributed by atoms with E-state index in [2.05, 4.69) is 21.2 Å². The average Bonchev–Trinajstić information content (AvgIpc) is 3.13. The summed E-state index contributed by atoms with van der Waals surface area (Å²) >= 11 is 5.00. The lowest BCUT2D eigenvalue weighted by Gasteiger charge is -2.16. The van der Waals surface area contributed by atoms with Gasteiger partial charge in [-0.05, 0) is 42.3 Å². The number of ether oxygens (including phenoxy) is 2. The second-order valence-corrected chi connectivity index (χ2v) is 7.88. The molecule has 0 radical (unpaired) electrons. The third-order valence-electron chi connectivity index (χ3n) is 3.96. The van der Waals surface area contributed by atoms with E-state index in [9.17, 15) is 4.79 Å². The summed E-state index contributed by atoms with van der Waals surface area (Å²) in [6.07, 6.45) is 0. The van der Waals surface area contributed by atoms with Gasteiger partial charge in [-0.3, -0.25) is 10.1 Å². The predicted molar refractivity (Wildman–Crippen MR) is 106 cm³/mol. The van der Waals surface area contributed by atoms with E-state index in [4.69, 9.17) is 14.6 Å². The summed E-state index contributed by atoms with van der Waals surface area (Å²) in [6, 6.07) is 13.2. The van der Waals surface area contributed by atoms with Crippen molar-refractivity contribution in [2.45, 2.75) is 24.9 Å². The number of nitrogens with one attached hydrogen (secondary N) is 1. The van der Waals surface area contributed by atoms with E-state index < -0.39 is 12.0 Å². The largest absolute Gasteiger partial charge is 0.490 e. The molecule has 0 spiro atoms. The van der Waals surface area contributed by atoms with Gasteiger partial charge in [0.05, 0.1) is 12.0 Å². The summed E-state index contributed by atoms with van der Waals surface area (Å²) in [4.78, 5) is 11.1.